The Kier molecular flexibility index (Phi) is 4.14. The number of aliphatic hydroxyl groups excluding tert-OH is 1. The molecule has 3 N–H and O–H groups in total. The molecule has 2 atom stereocenters. The molecule has 0 saturated carbocycles. The molecule has 0 spiro atoms. The van der Waals surface area contributed by atoms with E-state index in [2.05, 4.69) is 5.32 Å². The highest BCUT2D eigenvalue weighted by atomic mass is 32.2. The average molecular weight is 338 g/mol. The molecule has 2 amide bonds. The van der Waals surface area contributed by atoms with E-state index in [1.165, 1.54) is 18.0 Å². The molecular formula is C14H14N2O6S. The number of nitrogens with zero attached hydrogens (tertiary/aromatic N) is 1. The number of fused-ring (bicyclic) bond motifs is 1. The second-order valence-corrected chi connectivity index (χ2v) is 6.23. The largest absolute Gasteiger partial charge is 0.477 e. The normalized spacial score (nSPS) is 23.3. The van der Waals surface area contributed by atoms with Crippen LogP contribution in [-0.4, -0.2) is 56.7 Å². The molecule has 0 aromatic carbocycles. The van der Waals surface area contributed by atoms with Crippen molar-refractivity contribution >= 4 is 29.5 Å². The SMILES string of the molecule is O=C(Cc1ccco1)N[C@H]1C(=O)N2C(C(=O)O)=C(CO)CS[C@H]12. The highest BCUT2D eigenvalue weighted by Crippen LogP contribution is 2.40. The fourth-order valence-electron chi connectivity index (χ4n) is 2.60. The van der Waals surface area contributed by atoms with E-state index in [0.717, 1.165) is 4.90 Å². The number of carboxylic acid groups (broad SMARTS) is 1. The lowest BCUT2D eigenvalue weighted by molar-refractivity contribution is -0.150. The molecule has 1 aromatic rings. The number of amides is 2. The second kappa shape index (κ2) is 6.09. The quantitative estimate of drug-likeness (QED) is 0.622. The van der Waals surface area contributed by atoms with E-state index in [9.17, 15) is 24.6 Å². The first kappa shape index (κ1) is 15.6. The van der Waals surface area contributed by atoms with E-state index >= 15 is 0 Å². The lowest BCUT2D eigenvalue weighted by Crippen LogP contribution is -2.70. The lowest BCUT2D eigenvalue weighted by Gasteiger charge is -2.49. The molecule has 1 aromatic heterocycles. The molecule has 8 nitrogen and oxygen atoms in total. The number of carbonyl (C=O) groups is 3. The molecule has 0 unspecified atom stereocenters. The number of aliphatic carboxylic acids is 1. The van der Waals surface area contributed by atoms with Crippen LogP contribution in [0.25, 0.3) is 0 Å². The minimum atomic E-state index is -1.26. The van der Waals surface area contributed by atoms with Gasteiger partial charge in [0.25, 0.3) is 5.91 Å². The molecule has 0 bridgehead atoms. The zero-order chi connectivity index (χ0) is 16.6. The number of rotatable bonds is 5. The maximum absolute atomic E-state index is 12.2. The Balaban J connectivity index is 1.69. The molecule has 3 rings (SSSR count). The van der Waals surface area contributed by atoms with Crippen molar-refractivity contribution in [3.8, 4) is 0 Å². The van der Waals surface area contributed by atoms with Crippen molar-refractivity contribution in [2.45, 2.75) is 17.8 Å². The third-order valence-electron chi connectivity index (χ3n) is 3.67. The highest BCUT2D eigenvalue weighted by Gasteiger charge is 2.54. The summed E-state index contributed by atoms with van der Waals surface area (Å²) >= 11 is 1.31. The molecule has 23 heavy (non-hydrogen) atoms. The van der Waals surface area contributed by atoms with Crippen LogP contribution < -0.4 is 5.32 Å². The number of aliphatic hydroxyl groups is 1. The van der Waals surface area contributed by atoms with E-state index in [4.69, 9.17) is 4.42 Å². The summed E-state index contributed by atoms with van der Waals surface area (Å²) in [6, 6.07) is 2.55. The Morgan fingerprint density at radius 3 is 2.87 bits per heavy atom. The van der Waals surface area contributed by atoms with E-state index in [1.807, 2.05) is 0 Å². The Bertz CT molecular complexity index is 683. The topological polar surface area (TPSA) is 120 Å². The molecule has 2 aliphatic heterocycles. The van der Waals surface area contributed by atoms with Crippen LogP contribution in [0.1, 0.15) is 5.76 Å². The van der Waals surface area contributed by atoms with Crippen molar-refractivity contribution in [1.29, 1.82) is 0 Å². The van der Waals surface area contributed by atoms with Gasteiger partial charge in [0, 0.05) is 5.75 Å². The van der Waals surface area contributed by atoms with E-state index in [-0.39, 0.29) is 18.0 Å². The Morgan fingerprint density at radius 2 is 2.26 bits per heavy atom. The zero-order valence-electron chi connectivity index (χ0n) is 11.9. The summed E-state index contributed by atoms with van der Waals surface area (Å²) in [4.78, 5) is 36.6. The first-order valence-electron chi connectivity index (χ1n) is 6.85. The Hall–Kier alpha value is -2.26. The second-order valence-electron chi connectivity index (χ2n) is 5.13. The molecule has 2 aliphatic rings. The maximum Gasteiger partial charge on any atom is 0.352 e. The van der Waals surface area contributed by atoms with Crippen LogP contribution in [0.15, 0.2) is 34.1 Å². The Labute approximate surface area is 135 Å². The van der Waals surface area contributed by atoms with Crippen LogP contribution in [0.2, 0.25) is 0 Å². The highest BCUT2D eigenvalue weighted by molar-refractivity contribution is 8.00. The predicted octanol–water partition coefficient (Wildman–Crippen LogP) is -0.447. The molecule has 0 radical (unpaired) electrons. The third-order valence-corrected chi connectivity index (χ3v) is 5.01. The summed E-state index contributed by atoms with van der Waals surface area (Å²) in [6.07, 6.45) is 1.47. The molecule has 1 saturated heterocycles. The van der Waals surface area contributed by atoms with Gasteiger partial charge in [-0.15, -0.1) is 11.8 Å². The van der Waals surface area contributed by atoms with Gasteiger partial charge in [-0.25, -0.2) is 4.79 Å². The summed E-state index contributed by atoms with van der Waals surface area (Å²) in [5.74, 6) is -1.33. The number of nitrogens with one attached hydrogen (secondary N) is 1. The minimum Gasteiger partial charge on any atom is -0.477 e. The standard InChI is InChI=1S/C14H14N2O6S/c17-5-7-6-23-13-10(12(19)16(13)11(7)14(20)21)15-9(18)4-8-2-1-3-22-8/h1-3,10,13,17H,4-6H2,(H,15,18)(H,20,21)/t10-,13+/m0/s1. The number of thioether (sulfide) groups is 1. The van der Waals surface area contributed by atoms with Crippen LogP contribution in [0.5, 0.6) is 0 Å². The minimum absolute atomic E-state index is 0.0116. The number of carboxylic acids is 1. The number of furan rings is 1. The first-order chi connectivity index (χ1) is 11.0. The fraction of sp³-hybridized carbons (Fsp3) is 0.357. The smallest absolute Gasteiger partial charge is 0.352 e. The van der Waals surface area contributed by atoms with Crippen LogP contribution >= 0.6 is 11.8 Å². The first-order valence-corrected chi connectivity index (χ1v) is 7.90. The molecule has 9 heteroatoms. The van der Waals surface area contributed by atoms with Crippen molar-refractivity contribution in [1.82, 2.24) is 10.2 Å². The van der Waals surface area contributed by atoms with Gasteiger partial charge < -0.3 is 19.9 Å². The monoisotopic (exact) mass is 338 g/mol. The summed E-state index contributed by atoms with van der Waals surface area (Å²) in [5, 5.41) is 20.6. The third kappa shape index (κ3) is 2.73. The van der Waals surface area contributed by atoms with Gasteiger partial charge in [0.15, 0.2) is 0 Å². The van der Waals surface area contributed by atoms with Crippen molar-refractivity contribution in [2.24, 2.45) is 0 Å². The fourth-order valence-corrected chi connectivity index (χ4v) is 3.94. The lowest BCUT2D eigenvalue weighted by atomic mass is 10.0. The van der Waals surface area contributed by atoms with E-state index in [1.54, 1.807) is 12.1 Å². The predicted molar refractivity (Wildman–Crippen MR) is 79.2 cm³/mol. The Morgan fingerprint density at radius 1 is 1.48 bits per heavy atom. The van der Waals surface area contributed by atoms with Gasteiger partial charge in [0.2, 0.25) is 5.91 Å². The average Bonchev–Trinajstić information content (AvgIpc) is 3.03. The van der Waals surface area contributed by atoms with Gasteiger partial charge in [-0.1, -0.05) is 0 Å². The van der Waals surface area contributed by atoms with Crippen molar-refractivity contribution in [2.75, 3.05) is 12.4 Å². The van der Waals surface area contributed by atoms with E-state index < -0.39 is 29.9 Å². The van der Waals surface area contributed by atoms with Gasteiger partial charge >= 0.3 is 5.97 Å². The summed E-state index contributed by atoms with van der Waals surface area (Å²) in [6.45, 7) is -0.416. The number of β-lactam (4-membered cyclic amide) rings is 1. The van der Waals surface area contributed by atoms with Gasteiger partial charge in [-0.2, -0.15) is 0 Å². The summed E-state index contributed by atoms with van der Waals surface area (Å²) in [5.41, 5.74) is 0.116. The van der Waals surface area contributed by atoms with Gasteiger partial charge in [-0.3, -0.25) is 14.5 Å². The van der Waals surface area contributed by atoms with Crippen LogP contribution in [0.4, 0.5) is 0 Å². The van der Waals surface area contributed by atoms with Gasteiger partial charge in [-0.05, 0) is 17.7 Å². The molecular weight excluding hydrogens is 324 g/mol. The zero-order valence-corrected chi connectivity index (χ0v) is 12.7. The summed E-state index contributed by atoms with van der Waals surface area (Å²) < 4.78 is 5.07. The molecule has 0 aliphatic carbocycles. The van der Waals surface area contributed by atoms with Crippen LogP contribution in [0, 0.1) is 0 Å². The van der Waals surface area contributed by atoms with Crippen LogP contribution in [-0.2, 0) is 20.8 Å². The van der Waals surface area contributed by atoms with E-state index in [0.29, 0.717) is 17.1 Å². The molecule has 1 fully saturated rings. The number of hydrogen-bond donors (Lipinski definition) is 3. The van der Waals surface area contributed by atoms with Crippen LogP contribution in [0.3, 0.4) is 0 Å². The maximum atomic E-state index is 12.2. The van der Waals surface area contributed by atoms with Crippen molar-refractivity contribution in [3.63, 3.8) is 0 Å². The van der Waals surface area contributed by atoms with Gasteiger partial charge in [0.05, 0.1) is 19.3 Å². The van der Waals surface area contributed by atoms with Crippen molar-refractivity contribution in [3.05, 3.63) is 35.4 Å². The molecule has 122 valence electrons. The number of carbonyl (C=O) groups excluding carboxylic acids is 2. The summed E-state index contributed by atoms with van der Waals surface area (Å²) in [7, 11) is 0. The number of hydrogen-bond acceptors (Lipinski definition) is 6. The van der Waals surface area contributed by atoms with Crippen molar-refractivity contribution < 1.29 is 29.0 Å². The van der Waals surface area contributed by atoms with Gasteiger partial charge in [0.1, 0.15) is 22.9 Å². The molecule has 3 heterocycles.